The molecular formula is C25H28ClN3O5. The summed E-state index contributed by atoms with van der Waals surface area (Å²) >= 11 is 6.23. The van der Waals surface area contributed by atoms with Gasteiger partial charge in [-0.25, -0.2) is 9.80 Å². The fourth-order valence-electron chi connectivity index (χ4n) is 5.03. The Bertz CT molecular complexity index is 1130. The predicted molar refractivity (Wildman–Crippen MR) is 128 cm³/mol. The number of phenolic OH excluding ortho intramolecular Hbond substituents is 1. The van der Waals surface area contributed by atoms with Gasteiger partial charge >= 0.3 is 6.09 Å². The molecule has 0 unspecified atom stereocenters. The minimum Gasteiger partial charge on any atom is -0.507 e. The smallest absolute Gasteiger partial charge is 0.409 e. The van der Waals surface area contributed by atoms with Gasteiger partial charge in [-0.2, -0.15) is 5.10 Å². The Morgan fingerprint density at radius 1 is 1.24 bits per heavy atom. The van der Waals surface area contributed by atoms with Gasteiger partial charge in [-0.15, -0.1) is 0 Å². The first-order chi connectivity index (χ1) is 16.5. The number of aromatic hydroxyl groups is 1. The van der Waals surface area contributed by atoms with Crippen molar-refractivity contribution in [3.63, 3.8) is 0 Å². The molecule has 3 heterocycles. The third-order valence-electron chi connectivity index (χ3n) is 6.63. The van der Waals surface area contributed by atoms with Gasteiger partial charge in [0.25, 0.3) is 0 Å². The van der Waals surface area contributed by atoms with Gasteiger partial charge in [-0.1, -0.05) is 23.7 Å². The Hall–Kier alpha value is -3.13. The molecule has 2 aromatic carbocycles. The molecule has 1 spiro atoms. The number of halogens is 1. The topological polar surface area (TPSA) is 83.8 Å². The third kappa shape index (κ3) is 3.79. The Kier molecular flexibility index (Phi) is 5.93. The lowest BCUT2D eigenvalue weighted by atomic mass is 9.90. The summed E-state index contributed by atoms with van der Waals surface area (Å²) in [6.45, 7) is 5.59. The van der Waals surface area contributed by atoms with E-state index in [-0.39, 0.29) is 17.9 Å². The van der Waals surface area contributed by atoms with E-state index in [4.69, 9.17) is 30.9 Å². The Labute approximate surface area is 203 Å². The number of amides is 1. The van der Waals surface area contributed by atoms with Crippen molar-refractivity contribution >= 4 is 23.4 Å². The van der Waals surface area contributed by atoms with E-state index in [1.54, 1.807) is 30.0 Å². The van der Waals surface area contributed by atoms with E-state index in [1.807, 2.05) is 30.1 Å². The summed E-state index contributed by atoms with van der Waals surface area (Å²) in [7, 11) is 0. The number of hydrazone groups is 1. The average molecular weight is 486 g/mol. The molecule has 3 aliphatic heterocycles. The number of carbonyl (C=O) groups is 1. The number of likely N-dealkylation sites (tertiary alicyclic amines) is 1. The van der Waals surface area contributed by atoms with Crippen LogP contribution in [0.2, 0.25) is 5.02 Å². The molecule has 0 bridgehead atoms. The largest absolute Gasteiger partial charge is 0.507 e. The summed E-state index contributed by atoms with van der Waals surface area (Å²) in [5, 5.41) is 18.0. The molecule has 1 saturated heterocycles. The number of benzene rings is 2. The molecule has 0 aliphatic carbocycles. The molecule has 1 atom stereocenters. The maximum absolute atomic E-state index is 12.3. The number of ether oxygens (including phenoxy) is 3. The van der Waals surface area contributed by atoms with E-state index in [2.05, 4.69) is 0 Å². The van der Waals surface area contributed by atoms with Gasteiger partial charge in [0.05, 0.1) is 25.0 Å². The summed E-state index contributed by atoms with van der Waals surface area (Å²) in [5.41, 5.74) is 1.60. The van der Waals surface area contributed by atoms with Crippen LogP contribution in [0.1, 0.15) is 50.3 Å². The molecule has 5 rings (SSSR count). The van der Waals surface area contributed by atoms with Crippen LogP contribution in [-0.4, -0.2) is 58.8 Å². The van der Waals surface area contributed by atoms with Crippen LogP contribution >= 0.6 is 11.6 Å². The lowest BCUT2D eigenvalue weighted by Gasteiger charge is -2.51. The predicted octanol–water partition coefficient (Wildman–Crippen LogP) is 4.94. The highest BCUT2D eigenvalue weighted by atomic mass is 35.5. The maximum Gasteiger partial charge on any atom is 0.409 e. The van der Waals surface area contributed by atoms with Crippen molar-refractivity contribution in [1.29, 1.82) is 0 Å². The van der Waals surface area contributed by atoms with Crippen molar-refractivity contribution in [2.24, 2.45) is 5.10 Å². The highest BCUT2D eigenvalue weighted by Gasteiger charge is 2.53. The monoisotopic (exact) mass is 485 g/mol. The quantitative estimate of drug-likeness (QED) is 0.660. The number of para-hydroxylation sites is 1. The fourth-order valence-corrected chi connectivity index (χ4v) is 5.20. The van der Waals surface area contributed by atoms with Crippen molar-refractivity contribution in [2.45, 2.75) is 44.9 Å². The van der Waals surface area contributed by atoms with Crippen LogP contribution in [0, 0.1) is 0 Å². The van der Waals surface area contributed by atoms with Gasteiger partial charge in [0.2, 0.25) is 5.72 Å². The van der Waals surface area contributed by atoms with Gasteiger partial charge in [-0.3, -0.25) is 0 Å². The van der Waals surface area contributed by atoms with Crippen molar-refractivity contribution in [3.05, 3.63) is 52.5 Å². The van der Waals surface area contributed by atoms with E-state index in [0.29, 0.717) is 61.9 Å². The normalized spacial score (nSPS) is 20.3. The first-order valence-electron chi connectivity index (χ1n) is 11.7. The summed E-state index contributed by atoms with van der Waals surface area (Å²) in [4.78, 5) is 14.0. The molecule has 0 radical (unpaired) electrons. The number of carbonyl (C=O) groups excluding carboxylic acids is 1. The molecule has 34 heavy (non-hydrogen) atoms. The molecule has 180 valence electrons. The Morgan fingerprint density at radius 2 is 2.03 bits per heavy atom. The zero-order valence-electron chi connectivity index (χ0n) is 19.3. The Balaban J connectivity index is 1.54. The number of piperidine rings is 1. The molecule has 2 aromatic rings. The van der Waals surface area contributed by atoms with Gasteiger partial charge in [0.15, 0.2) is 11.5 Å². The summed E-state index contributed by atoms with van der Waals surface area (Å²) in [6, 6.07) is 10.8. The van der Waals surface area contributed by atoms with Crippen molar-refractivity contribution < 1.29 is 24.1 Å². The number of nitrogens with zero attached hydrogens (tertiary/aromatic N) is 3. The van der Waals surface area contributed by atoms with Crippen LogP contribution < -0.4 is 9.47 Å². The van der Waals surface area contributed by atoms with Crippen molar-refractivity contribution in [1.82, 2.24) is 9.91 Å². The lowest BCUT2D eigenvalue weighted by Crippen LogP contribution is -2.59. The molecular weight excluding hydrogens is 458 g/mol. The van der Waals surface area contributed by atoms with Crippen LogP contribution in [0.3, 0.4) is 0 Å². The van der Waals surface area contributed by atoms with Crippen molar-refractivity contribution in [3.8, 4) is 17.2 Å². The second kappa shape index (κ2) is 8.91. The van der Waals surface area contributed by atoms with E-state index in [0.717, 1.165) is 17.0 Å². The number of rotatable bonds is 4. The van der Waals surface area contributed by atoms with E-state index < -0.39 is 5.72 Å². The van der Waals surface area contributed by atoms with Crippen LogP contribution in [-0.2, 0) is 4.74 Å². The van der Waals surface area contributed by atoms with E-state index in [1.165, 1.54) is 0 Å². The van der Waals surface area contributed by atoms with Gasteiger partial charge in [0.1, 0.15) is 5.75 Å². The second-order valence-corrected chi connectivity index (χ2v) is 9.05. The molecule has 9 heteroatoms. The molecule has 3 aliphatic rings. The zero-order chi connectivity index (χ0) is 23.9. The fraction of sp³-hybridized carbons (Fsp3) is 0.440. The molecule has 1 fully saturated rings. The van der Waals surface area contributed by atoms with Gasteiger partial charge in [0, 0.05) is 48.5 Å². The Morgan fingerprint density at radius 3 is 2.76 bits per heavy atom. The molecule has 0 saturated carbocycles. The molecule has 8 nitrogen and oxygen atoms in total. The molecule has 0 aromatic heterocycles. The summed E-state index contributed by atoms with van der Waals surface area (Å²) < 4.78 is 17.8. The number of phenols is 1. The number of hydrogen-bond acceptors (Lipinski definition) is 7. The van der Waals surface area contributed by atoms with Crippen LogP contribution in [0.15, 0.2) is 41.5 Å². The number of hydrogen-bond donors (Lipinski definition) is 1. The minimum absolute atomic E-state index is 0.0910. The number of fused-ring (bicyclic) bond motifs is 4. The molecule has 1 N–H and O–H groups in total. The summed E-state index contributed by atoms with van der Waals surface area (Å²) in [5.74, 6) is 1.56. The lowest BCUT2D eigenvalue weighted by molar-refractivity contribution is -0.148. The summed E-state index contributed by atoms with van der Waals surface area (Å²) in [6.07, 6.45) is 1.39. The molecule has 1 amide bonds. The van der Waals surface area contributed by atoms with Crippen LogP contribution in [0.25, 0.3) is 0 Å². The standard InChI is InChI=1S/C25H28ClN3O5/c1-3-32-22-7-5-6-17-20-15-19(18-14-16(26)8-9-21(18)30)27-29(20)25(34-23(17)22)10-12-28(13-11-25)24(31)33-4-2/h5-9,14,20,30H,3-4,10-13,15H2,1-2H3/t20-/m1/s1. The van der Waals surface area contributed by atoms with Gasteiger partial charge in [-0.05, 0) is 38.1 Å². The third-order valence-corrected chi connectivity index (χ3v) is 6.86. The van der Waals surface area contributed by atoms with E-state index in [9.17, 15) is 9.90 Å². The first kappa shape index (κ1) is 22.7. The van der Waals surface area contributed by atoms with E-state index >= 15 is 0 Å². The first-order valence-corrected chi connectivity index (χ1v) is 12.1. The highest BCUT2D eigenvalue weighted by molar-refractivity contribution is 6.31. The average Bonchev–Trinajstić information content (AvgIpc) is 3.29. The maximum atomic E-state index is 12.3. The van der Waals surface area contributed by atoms with Gasteiger partial charge < -0.3 is 24.2 Å². The SMILES string of the molecule is CCOC(=O)N1CCC2(CC1)Oc1c(OCC)cccc1[C@H]1CC(c3cc(Cl)ccc3O)=NN12. The van der Waals surface area contributed by atoms with Crippen LogP contribution in [0.4, 0.5) is 4.79 Å². The second-order valence-electron chi connectivity index (χ2n) is 8.61. The van der Waals surface area contributed by atoms with Crippen LogP contribution in [0.5, 0.6) is 17.2 Å². The zero-order valence-corrected chi connectivity index (χ0v) is 20.0. The van der Waals surface area contributed by atoms with Crippen molar-refractivity contribution in [2.75, 3.05) is 26.3 Å². The highest BCUT2D eigenvalue weighted by Crippen LogP contribution is 2.53. The minimum atomic E-state index is -0.746.